The summed E-state index contributed by atoms with van der Waals surface area (Å²) in [5.74, 6) is -0.117. The molecule has 16 heavy (non-hydrogen) atoms. The van der Waals surface area contributed by atoms with Crippen LogP contribution in [0.15, 0.2) is 18.2 Å². The molecule has 2 N–H and O–H groups in total. The number of nitrogens with one attached hydrogen (secondary N) is 1. The molecule has 0 heterocycles. The predicted octanol–water partition coefficient (Wildman–Crippen LogP) is 1.77. The second-order valence-corrected chi connectivity index (χ2v) is 5.73. The molecule has 0 unspecified atom stereocenters. The molecule has 0 atom stereocenters. The molecule has 0 saturated carbocycles. The van der Waals surface area contributed by atoms with Crippen molar-refractivity contribution in [2.75, 3.05) is 17.1 Å². The van der Waals surface area contributed by atoms with Crippen LogP contribution in [0.5, 0.6) is 0 Å². The molecule has 0 aliphatic rings. The molecule has 0 bridgehead atoms. The van der Waals surface area contributed by atoms with E-state index in [9.17, 15) is 8.42 Å². The molecule has 1 aromatic carbocycles. The molecule has 1 aromatic rings. The lowest BCUT2D eigenvalue weighted by molar-refractivity contribution is 0.295. The maximum Gasteiger partial charge on any atom is 0.232 e. The Morgan fingerprint density at radius 1 is 1.44 bits per heavy atom. The lowest BCUT2D eigenvalue weighted by Crippen LogP contribution is -2.17. The third-order valence-corrected chi connectivity index (χ3v) is 3.63. The monoisotopic (exact) mass is 263 g/mol. The highest BCUT2D eigenvalue weighted by molar-refractivity contribution is 7.92. The van der Waals surface area contributed by atoms with Crippen molar-refractivity contribution in [3.8, 4) is 0 Å². The van der Waals surface area contributed by atoms with E-state index in [-0.39, 0.29) is 18.8 Å². The van der Waals surface area contributed by atoms with Gasteiger partial charge in [-0.3, -0.25) is 4.72 Å². The van der Waals surface area contributed by atoms with Gasteiger partial charge in [0.25, 0.3) is 0 Å². The Balaban J connectivity index is 2.80. The molecule has 4 nitrogen and oxygen atoms in total. The van der Waals surface area contributed by atoms with Crippen LogP contribution in [-0.4, -0.2) is 25.9 Å². The maximum atomic E-state index is 11.5. The maximum absolute atomic E-state index is 11.5. The second kappa shape index (κ2) is 5.52. The van der Waals surface area contributed by atoms with Gasteiger partial charge in [-0.2, -0.15) is 0 Å². The lowest BCUT2D eigenvalue weighted by Gasteiger charge is -2.09. The quantitative estimate of drug-likeness (QED) is 0.851. The van der Waals surface area contributed by atoms with Crippen molar-refractivity contribution in [1.82, 2.24) is 0 Å². The second-order valence-electron chi connectivity index (χ2n) is 3.48. The Bertz CT molecular complexity index is 459. The number of hydrogen-bond donors (Lipinski definition) is 2. The molecule has 0 fully saturated rings. The first-order valence-corrected chi connectivity index (χ1v) is 6.85. The average Bonchev–Trinajstić information content (AvgIpc) is 2.19. The average molecular weight is 264 g/mol. The van der Waals surface area contributed by atoms with Gasteiger partial charge in [-0.25, -0.2) is 8.42 Å². The molecule has 6 heteroatoms. The zero-order valence-corrected chi connectivity index (χ0v) is 10.5. The van der Waals surface area contributed by atoms with Gasteiger partial charge in [0, 0.05) is 6.61 Å². The van der Waals surface area contributed by atoms with E-state index < -0.39 is 10.0 Å². The van der Waals surface area contributed by atoms with Gasteiger partial charge in [0.15, 0.2) is 0 Å². The van der Waals surface area contributed by atoms with Crippen LogP contribution in [0.3, 0.4) is 0 Å². The number of rotatable bonds is 5. The van der Waals surface area contributed by atoms with E-state index in [0.717, 1.165) is 5.56 Å². The van der Waals surface area contributed by atoms with E-state index in [2.05, 4.69) is 4.72 Å². The largest absolute Gasteiger partial charge is 0.396 e. The summed E-state index contributed by atoms with van der Waals surface area (Å²) in [5, 5.41) is 8.94. The van der Waals surface area contributed by atoms with Crippen LogP contribution in [0, 0.1) is 6.92 Å². The van der Waals surface area contributed by atoms with Gasteiger partial charge in [0.05, 0.1) is 16.5 Å². The Hall–Kier alpha value is -0.780. The van der Waals surface area contributed by atoms with Crippen molar-refractivity contribution in [3.05, 3.63) is 28.8 Å². The fourth-order valence-corrected chi connectivity index (χ4v) is 2.64. The number of aryl methyl sites for hydroxylation is 1. The van der Waals surface area contributed by atoms with Crippen LogP contribution in [-0.2, 0) is 10.0 Å². The Labute approximate surface area is 100 Å². The fourth-order valence-electron chi connectivity index (χ4n) is 1.18. The first-order chi connectivity index (χ1) is 7.44. The van der Waals surface area contributed by atoms with Crippen molar-refractivity contribution < 1.29 is 13.5 Å². The smallest absolute Gasteiger partial charge is 0.232 e. The third-order valence-electron chi connectivity index (χ3n) is 1.96. The number of halogens is 1. The summed E-state index contributed by atoms with van der Waals surface area (Å²) in [6.45, 7) is 1.72. The number of aliphatic hydroxyl groups excluding tert-OH is 1. The fraction of sp³-hybridized carbons (Fsp3) is 0.400. The minimum Gasteiger partial charge on any atom is -0.396 e. The van der Waals surface area contributed by atoms with Crippen LogP contribution >= 0.6 is 11.6 Å². The third kappa shape index (κ3) is 4.00. The van der Waals surface area contributed by atoms with E-state index >= 15 is 0 Å². The van der Waals surface area contributed by atoms with Crippen molar-refractivity contribution >= 4 is 27.3 Å². The van der Waals surface area contributed by atoms with E-state index in [1.165, 1.54) is 0 Å². The molecule has 0 amide bonds. The van der Waals surface area contributed by atoms with Crippen molar-refractivity contribution in [2.24, 2.45) is 0 Å². The summed E-state index contributed by atoms with van der Waals surface area (Å²) in [6, 6.07) is 5.08. The Kier molecular flexibility index (Phi) is 4.58. The first kappa shape index (κ1) is 13.3. The minimum absolute atomic E-state index is 0.117. The predicted molar refractivity (Wildman–Crippen MR) is 65.3 cm³/mol. The summed E-state index contributed by atoms with van der Waals surface area (Å²) in [6.07, 6.45) is 0.207. The standard InChI is InChI=1S/C10H14ClNO3S/c1-8-3-4-10(9(11)7-8)12-16(14,15)6-2-5-13/h3-4,7,12-13H,2,5-6H2,1H3. The van der Waals surface area contributed by atoms with Gasteiger partial charge >= 0.3 is 0 Å². The number of aliphatic hydroxyl groups is 1. The van der Waals surface area contributed by atoms with Gasteiger partial charge < -0.3 is 5.11 Å². The lowest BCUT2D eigenvalue weighted by atomic mass is 10.2. The van der Waals surface area contributed by atoms with Crippen LogP contribution in [0.4, 0.5) is 5.69 Å². The van der Waals surface area contributed by atoms with Crippen molar-refractivity contribution in [2.45, 2.75) is 13.3 Å². The van der Waals surface area contributed by atoms with E-state index in [1.807, 2.05) is 6.92 Å². The molecular formula is C10H14ClNO3S. The SMILES string of the molecule is Cc1ccc(NS(=O)(=O)CCCO)c(Cl)c1. The molecule has 1 rings (SSSR count). The molecule has 0 aromatic heterocycles. The number of hydrogen-bond acceptors (Lipinski definition) is 3. The summed E-state index contributed by atoms with van der Waals surface area (Å²) in [5.41, 5.74) is 1.33. The zero-order chi connectivity index (χ0) is 12.2. The molecule has 0 spiro atoms. The summed E-state index contributed by atoms with van der Waals surface area (Å²) >= 11 is 5.89. The van der Waals surface area contributed by atoms with Crippen LogP contribution in [0.1, 0.15) is 12.0 Å². The Morgan fingerprint density at radius 3 is 2.69 bits per heavy atom. The zero-order valence-electron chi connectivity index (χ0n) is 8.90. The highest BCUT2D eigenvalue weighted by Gasteiger charge is 2.11. The number of anilines is 1. The highest BCUT2D eigenvalue weighted by atomic mass is 35.5. The molecule has 0 aliphatic heterocycles. The van der Waals surface area contributed by atoms with Gasteiger partial charge in [-0.15, -0.1) is 0 Å². The van der Waals surface area contributed by atoms with E-state index in [4.69, 9.17) is 16.7 Å². The first-order valence-electron chi connectivity index (χ1n) is 4.82. The molecule has 90 valence electrons. The molecular weight excluding hydrogens is 250 g/mol. The van der Waals surface area contributed by atoms with Gasteiger partial charge in [-0.05, 0) is 31.0 Å². The Morgan fingerprint density at radius 2 is 2.12 bits per heavy atom. The normalized spacial score (nSPS) is 11.4. The highest BCUT2D eigenvalue weighted by Crippen LogP contribution is 2.23. The van der Waals surface area contributed by atoms with Crippen LogP contribution < -0.4 is 4.72 Å². The molecule has 0 radical (unpaired) electrons. The van der Waals surface area contributed by atoms with E-state index in [0.29, 0.717) is 10.7 Å². The van der Waals surface area contributed by atoms with Gasteiger partial charge in [-0.1, -0.05) is 17.7 Å². The summed E-state index contributed by atoms with van der Waals surface area (Å²) < 4.78 is 25.4. The summed E-state index contributed by atoms with van der Waals surface area (Å²) in [7, 11) is -3.43. The molecule has 0 aliphatic carbocycles. The van der Waals surface area contributed by atoms with E-state index in [1.54, 1.807) is 18.2 Å². The topological polar surface area (TPSA) is 66.4 Å². The van der Waals surface area contributed by atoms with Gasteiger partial charge in [0.1, 0.15) is 0 Å². The number of sulfonamides is 1. The van der Waals surface area contributed by atoms with Crippen LogP contribution in [0.2, 0.25) is 5.02 Å². The van der Waals surface area contributed by atoms with Crippen molar-refractivity contribution in [3.63, 3.8) is 0 Å². The minimum atomic E-state index is -3.43. The summed E-state index contributed by atoms with van der Waals surface area (Å²) in [4.78, 5) is 0. The van der Waals surface area contributed by atoms with Crippen LogP contribution in [0.25, 0.3) is 0 Å². The van der Waals surface area contributed by atoms with Crippen molar-refractivity contribution in [1.29, 1.82) is 0 Å². The molecule has 0 saturated heterocycles. The number of benzene rings is 1. The van der Waals surface area contributed by atoms with Gasteiger partial charge in [0.2, 0.25) is 10.0 Å².